The van der Waals surface area contributed by atoms with Crippen LogP contribution in [0, 0.1) is 0 Å². The standard InChI is InChI=1S/C13H24N2O3/c1-11(13(16)17)15-5-3-2-4-12(15)10-14-6-8-18-9-7-14/h11-12H,2-10H2,1H3,(H,16,17). The number of carboxylic acid groups (broad SMARTS) is 1. The van der Waals surface area contributed by atoms with Gasteiger partial charge >= 0.3 is 5.97 Å². The van der Waals surface area contributed by atoms with Crippen molar-refractivity contribution >= 4 is 5.97 Å². The molecule has 2 aliphatic rings. The third-order valence-corrected chi connectivity index (χ3v) is 4.10. The maximum atomic E-state index is 11.2. The molecule has 1 N–H and O–H groups in total. The van der Waals surface area contributed by atoms with Gasteiger partial charge in [-0.25, -0.2) is 0 Å². The molecule has 2 atom stereocenters. The molecule has 0 radical (unpaired) electrons. The highest BCUT2D eigenvalue weighted by atomic mass is 16.5. The molecule has 0 aromatic heterocycles. The van der Waals surface area contributed by atoms with E-state index in [1.807, 2.05) is 0 Å². The van der Waals surface area contributed by atoms with Gasteiger partial charge in [0.25, 0.3) is 0 Å². The van der Waals surface area contributed by atoms with Crippen molar-refractivity contribution in [2.75, 3.05) is 39.4 Å². The Kier molecular flexibility index (Phi) is 4.97. The van der Waals surface area contributed by atoms with Crippen LogP contribution >= 0.6 is 0 Å². The van der Waals surface area contributed by atoms with Crippen molar-refractivity contribution in [1.29, 1.82) is 0 Å². The summed E-state index contributed by atoms with van der Waals surface area (Å²) < 4.78 is 5.35. The number of nitrogens with zero attached hydrogens (tertiary/aromatic N) is 2. The number of hydrogen-bond acceptors (Lipinski definition) is 4. The van der Waals surface area contributed by atoms with Crippen LogP contribution in [0.2, 0.25) is 0 Å². The highest BCUT2D eigenvalue weighted by Crippen LogP contribution is 2.21. The van der Waals surface area contributed by atoms with Crippen molar-refractivity contribution < 1.29 is 14.6 Å². The fourth-order valence-electron chi connectivity index (χ4n) is 2.95. The lowest BCUT2D eigenvalue weighted by Crippen LogP contribution is -2.54. The van der Waals surface area contributed by atoms with Crippen LogP contribution < -0.4 is 0 Å². The van der Waals surface area contributed by atoms with E-state index in [-0.39, 0.29) is 6.04 Å². The van der Waals surface area contributed by atoms with E-state index in [4.69, 9.17) is 4.74 Å². The summed E-state index contributed by atoms with van der Waals surface area (Å²) in [6.07, 6.45) is 3.46. The first-order valence-electron chi connectivity index (χ1n) is 6.97. The summed E-state index contributed by atoms with van der Waals surface area (Å²) in [6.45, 7) is 7.28. The molecule has 0 saturated carbocycles. The second-order valence-electron chi connectivity index (χ2n) is 5.31. The maximum Gasteiger partial charge on any atom is 0.320 e. The van der Waals surface area contributed by atoms with Crippen LogP contribution in [-0.4, -0.2) is 72.4 Å². The summed E-state index contributed by atoms with van der Waals surface area (Å²) in [4.78, 5) is 15.7. The maximum absolute atomic E-state index is 11.2. The third kappa shape index (κ3) is 3.43. The number of aliphatic carboxylic acids is 1. The Balaban J connectivity index is 1.92. The molecule has 5 nitrogen and oxygen atoms in total. The second-order valence-corrected chi connectivity index (χ2v) is 5.31. The van der Waals surface area contributed by atoms with E-state index in [9.17, 15) is 9.90 Å². The van der Waals surface area contributed by atoms with Gasteiger partial charge in [0, 0.05) is 25.7 Å². The van der Waals surface area contributed by atoms with E-state index in [1.165, 1.54) is 6.42 Å². The summed E-state index contributed by atoms with van der Waals surface area (Å²) >= 11 is 0. The third-order valence-electron chi connectivity index (χ3n) is 4.10. The van der Waals surface area contributed by atoms with Gasteiger partial charge in [0.05, 0.1) is 13.2 Å². The molecule has 2 saturated heterocycles. The average molecular weight is 256 g/mol. The lowest BCUT2D eigenvalue weighted by Gasteiger charge is -2.41. The Labute approximate surface area is 109 Å². The van der Waals surface area contributed by atoms with Crippen molar-refractivity contribution in [1.82, 2.24) is 9.80 Å². The quantitative estimate of drug-likeness (QED) is 0.800. The molecule has 18 heavy (non-hydrogen) atoms. The number of rotatable bonds is 4. The van der Waals surface area contributed by atoms with Gasteiger partial charge in [0.2, 0.25) is 0 Å². The van der Waals surface area contributed by atoms with E-state index >= 15 is 0 Å². The van der Waals surface area contributed by atoms with Crippen molar-refractivity contribution in [3.05, 3.63) is 0 Å². The van der Waals surface area contributed by atoms with Crippen LogP contribution in [-0.2, 0) is 9.53 Å². The van der Waals surface area contributed by atoms with E-state index in [2.05, 4.69) is 9.80 Å². The first-order chi connectivity index (χ1) is 8.68. The number of morpholine rings is 1. The minimum Gasteiger partial charge on any atom is -0.480 e. The molecule has 0 aromatic rings. The molecular weight excluding hydrogens is 232 g/mol. The van der Waals surface area contributed by atoms with E-state index in [1.54, 1.807) is 6.92 Å². The first kappa shape index (κ1) is 13.8. The van der Waals surface area contributed by atoms with Crippen LogP contribution in [0.5, 0.6) is 0 Å². The number of ether oxygens (including phenoxy) is 1. The molecular formula is C13H24N2O3. The lowest BCUT2D eigenvalue weighted by atomic mass is 9.99. The summed E-state index contributed by atoms with van der Waals surface area (Å²) in [6, 6.07) is 0.0271. The Hall–Kier alpha value is -0.650. The van der Waals surface area contributed by atoms with E-state index < -0.39 is 5.97 Å². The van der Waals surface area contributed by atoms with Gasteiger partial charge < -0.3 is 9.84 Å². The summed E-state index contributed by atoms with van der Waals surface area (Å²) in [5.74, 6) is -0.705. The first-order valence-corrected chi connectivity index (χ1v) is 6.97. The Morgan fingerprint density at radius 2 is 2.06 bits per heavy atom. The van der Waals surface area contributed by atoms with E-state index in [0.29, 0.717) is 6.04 Å². The fraction of sp³-hybridized carbons (Fsp3) is 0.923. The Bertz CT molecular complexity index is 279. The predicted octanol–water partition coefficient (Wildman–Crippen LogP) is 0.646. The normalized spacial score (nSPS) is 29.1. The van der Waals surface area contributed by atoms with Gasteiger partial charge in [-0.3, -0.25) is 14.6 Å². The zero-order chi connectivity index (χ0) is 13.0. The second kappa shape index (κ2) is 6.50. The smallest absolute Gasteiger partial charge is 0.320 e. The number of carboxylic acids is 1. The van der Waals surface area contributed by atoms with Crippen LogP contribution in [0.25, 0.3) is 0 Å². The zero-order valence-corrected chi connectivity index (χ0v) is 11.2. The average Bonchev–Trinajstić information content (AvgIpc) is 2.39. The molecule has 0 amide bonds. The minimum absolute atomic E-state index is 0.364. The van der Waals surface area contributed by atoms with Crippen LogP contribution in [0.3, 0.4) is 0 Å². The van der Waals surface area contributed by atoms with Crippen LogP contribution in [0.4, 0.5) is 0 Å². The lowest BCUT2D eigenvalue weighted by molar-refractivity contribution is -0.144. The largest absolute Gasteiger partial charge is 0.480 e. The fourth-order valence-corrected chi connectivity index (χ4v) is 2.95. The molecule has 2 aliphatic heterocycles. The predicted molar refractivity (Wildman–Crippen MR) is 68.7 cm³/mol. The van der Waals surface area contributed by atoms with Gasteiger partial charge in [-0.1, -0.05) is 6.42 Å². The highest BCUT2D eigenvalue weighted by molar-refractivity contribution is 5.72. The molecule has 5 heteroatoms. The van der Waals surface area contributed by atoms with Gasteiger partial charge in [0.15, 0.2) is 0 Å². The molecule has 0 aliphatic carbocycles. The van der Waals surface area contributed by atoms with Crippen LogP contribution in [0.1, 0.15) is 26.2 Å². The van der Waals surface area contributed by atoms with Crippen molar-refractivity contribution in [3.63, 3.8) is 0 Å². The Morgan fingerprint density at radius 3 is 2.72 bits per heavy atom. The van der Waals surface area contributed by atoms with Crippen molar-refractivity contribution in [3.8, 4) is 0 Å². The summed E-state index contributed by atoms with van der Waals surface area (Å²) in [7, 11) is 0. The van der Waals surface area contributed by atoms with Crippen molar-refractivity contribution in [2.24, 2.45) is 0 Å². The topological polar surface area (TPSA) is 53.0 Å². The highest BCUT2D eigenvalue weighted by Gasteiger charge is 2.31. The molecule has 0 aromatic carbocycles. The number of carbonyl (C=O) groups is 1. The number of piperidine rings is 1. The molecule has 2 unspecified atom stereocenters. The number of likely N-dealkylation sites (tertiary alicyclic amines) is 1. The van der Waals surface area contributed by atoms with Crippen LogP contribution in [0.15, 0.2) is 0 Å². The summed E-state index contributed by atoms with van der Waals surface area (Å²) in [5, 5.41) is 9.18. The van der Waals surface area contributed by atoms with Gasteiger partial charge in [-0.05, 0) is 26.3 Å². The van der Waals surface area contributed by atoms with Gasteiger partial charge in [0.1, 0.15) is 6.04 Å². The molecule has 2 heterocycles. The molecule has 0 bridgehead atoms. The SMILES string of the molecule is CC(C(=O)O)N1CCCCC1CN1CCOCC1. The molecule has 2 fully saturated rings. The minimum atomic E-state index is -0.705. The van der Waals surface area contributed by atoms with Crippen molar-refractivity contribution in [2.45, 2.75) is 38.3 Å². The molecule has 0 spiro atoms. The molecule has 104 valence electrons. The van der Waals surface area contributed by atoms with Gasteiger partial charge in [-0.15, -0.1) is 0 Å². The number of hydrogen-bond donors (Lipinski definition) is 1. The monoisotopic (exact) mass is 256 g/mol. The molecule has 2 rings (SSSR count). The zero-order valence-electron chi connectivity index (χ0n) is 11.2. The van der Waals surface area contributed by atoms with E-state index in [0.717, 1.165) is 52.2 Å². The Morgan fingerprint density at radius 1 is 1.33 bits per heavy atom. The van der Waals surface area contributed by atoms with Gasteiger partial charge in [-0.2, -0.15) is 0 Å². The summed E-state index contributed by atoms with van der Waals surface area (Å²) in [5.41, 5.74) is 0.